The highest BCUT2D eigenvalue weighted by molar-refractivity contribution is 7.84. The molecule has 1 saturated carbocycles. The minimum atomic E-state index is -0.912. The summed E-state index contributed by atoms with van der Waals surface area (Å²) in [6.45, 7) is 2.03. The van der Waals surface area contributed by atoms with Crippen LogP contribution in [0.4, 0.5) is 0 Å². The predicted molar refractivity (Wildman–Crippen MR) is 87.8 cm³/mol. The largest absolute Gasteiger partial charge is 0.338 e. The van der Waals surface area contributed by atoms with Crippen LogP contribution < -0.4 is 0 Å². The van der Waals surface area contributed by atoms with Crippen LogP contribution in [0.2, 0.25) is 0 Å². The maximum absolute atomic E-state index is 12.3. The molecule has 0 radical (unpaired) electrons. The van der Waals surface area contributed by atoms with Crippen LogP contribution in [0.5, 0.6) is 0 Å². The summed E-state index contributed by atoms with van der Waals surface area (Å²) in [5, 5.41) is 4.01. The van der Waals surface area contributed by atoms with Gasteiger partial charge in [0.25, 0.3) is 0 Å². The predicted octanol–water partition coefficient (Wildman–Crippen LogP) is 3.87. The van der Waals surface area contributed by atoms with Crippen LogP contribution in [0.25, 0.3) is 11.4 Å². The lowest BCUT2D eigenvalue weighted by molar-refractivity contribution is 0.383. The van der Waals surface area contributed by atoms with Crippen LogP contribution in [-0.4, -0.2) is 20.1 Å². The molecule has 1 aliphatic carbocycles. The first-order chi connectivity index (χ1) is 10.7. The molecule has 1 aromatic carbocycles. The third-order valence-corrected chi connectivity index (χ3v) is 5.59. The molecule has 22 heavy (non-hydrogen) atoms. The van der Waals surface area contributed by atoms with Crippen LogP contribution in [0.1, 0.15) is 43.6 Å². The highest BCUT2D eigenvalue weighted by atomic mass is 32.2. The molecule has 3 rings (SSSR count). The number of aryl methyl sites for hydroxylation is 1. The Morgan fingerprint density at radius 2 is 2.09 bits per heavy atom. The fourth-order valence-electron chi connectivity index (χ4n) is 3.03. The van der Waals surface area contributed by atoms with Gasteiger partial charge in [-0.25, -0.2) is 0 Å². The number of hydrogen-bond donors (Lipinski definition) is 0. The molecule has 0 saturated heterocycles. The molecule has 0 spiro atoms. The fourth-order valence-corrected chi connectivity index (χ4v) is 4.40. The molecule has 118 valence electrons. The van der Waals surface area contributed by atoms with E-state index in [9.17, 15) is 4.21 Å². The fraction of sp³-hybridized carbons (Fsp3) is 0.529. The Hall–Kier alpha value is -1.49. The molecular weight excluding hydrogens is 296 g/mol. The van der Waals surface area contributed by atoms with Crippen molar-refractivity contribution in [1.82, 2.24) is 10.1 Å². The Labute approximate surface area is 133 Å². The number of hydrogen-bond acceptors (Lipinski definition) is 4. The minimum Gasteiger partial charge on any atom is -0.338 e. The van der Waals surface area contributed by atoms with Gasteiger partial charge in [0.2, 0.25) is 11.7 Å². The number of rotatable bonds is 5. The lowest BCUT2D eigenvalue weighted by Crippen LogP contribution is -2.15. The lowest BCUT2D eigenvalue weighted by Gasteiger charge is -2.20. The van der Waals surface area contributed by atoms with Crippen molar-refractivity contribution in [3.05, 3.63) is 35.7 Å². The van der Waals surface area contributed by atoms with Gasteiger partial charge in [-0.15, -0.1) is 0 Å². The summed E-state index contributed by atoms with van der Waals surface area (Å²) >= 11 is 0. The van der Waals surface area contributed by atoms with Crippen molar-refractivity contribution in [3.8, 4) is 11.4 Å². The molecule has 0 N–H and O–H groups in total. The van der Waals surface area contributed by atoms with E-state index in [1.165, 1.54) is 32.1 Å². The van der Waals surface area contributed by atoms with E-state index in [1.807, 2.05) is 31.2 Å². The molecule has 0 aliphatic heterocycles. The van der Waals surface area contributed by atoms with Crippen molar-refractivity contribution in [2.75, 3.05) is 5.75 Å². The molecule has 5 heteroatoms. The van der Waals surface area contributed by atoms with Crippen molar-refractivity contribution in [3.63, 3.8) is 0 Å². The molecule has 2 aromatic rings. The first-order valence-corrected chi connectivity index (χ1v) is 9.44. The molecular formula is C17H22N2O2S. The summed E-state index contributed by atoms with van der Waals surface area (Å²) in [5.74, 6) is 2.80. The van der Waals surface area contributed by atoms with Gasteiger partial charge in [0.1, 0.15) is 5.75 Å². The van der Waals surface area contributed by atoms with Gasteiger partial charge in [0.15, 0.2) is 0 Å². The second kappa shape index (κ2) is 7.18. The van der Waals surface area contributed by atoms with Crippen LogP contribution in [0.3, 0.4) is 0 Å². The second-order valence-corrected chi connectivity index (χ2v) is 7.64. The van der Waals surface area contributed by atoms with Crippen LogP contribution in [0.15, 0.2) is 28.8 Å². The highest BCUT2D eigenvalue weighted by Crippen LogP contribution is 2.25. The zero-order chi connectivity index (χ0) is 15.4. The zero-order valence-electron chi connectivity index (χ0n) is 13.0. The van der Waals surface area contributed by atoms with E-state index in [1.54, 1.807) is 0 Å². The van der Waals surface area contributed by atoms with Crippen molar-refractivity contribution in [2.24, 2.45) is 5.92 Å². The average Bonchev–Trinajstić information content (AvgIpc) is 2.96. The normalized spacial score (nSPS) is 17.5. The lowest BCUT2D eigenvalue weighted by atomic mass is 9.91. The summed E-state index contributed by atoms with van der Waals surface area (Å²) < 4.78 is 17.5. The van der Waals surface area contributed by atoms with E-state index in [0.717, 1.165) is 16.9 Å². The van der Waals surface area contributed by atoms with Gasteiger partial charge >= 0.3 is 0 Å². The molecule has 4 nitrogen and oxygen atoms in total. The summed E-state index contributed by atoms with van der Waals surface area (Å²) in [7, 11) is -0.912. The van der Waals surface area contributed by atoms with E-state index in [2.05, 4.69) is 10.1 Å². The Balaban J connectivity index is 1.60. The first-order valence-electron chi connectivity index (χ1n) is 7.95. The first kappa shape index (κ1) is 15.4. The van der Waals surface area contributed by atoms with Gasteiger partial charge in [-0.2, -0.15) is 4.98 Å². The number of aromatic nitrogens is 2. The van der Waals surface area contributed by atoms with E-state index >= 15 is 0 Å². The molecule has 0 amide bonds. The zero-order valence-corrected chi connectivity index (χ0v) is 13.8. The van der Waals surface area contributed by atoms with Gasteiger partial charge in [-0.3, -0.25) is 4.21 Å². The topological polar surface area (TPSA) is 56.0 Å². The van der Waals surface area contributed by atoms with Crippen LogP contribution in [-0.2, 0) is 16.6 Å². The van der Waals surface area contributed by atoms with Gasteiger partial charge in [-0.1, -0.05) is 48.2 Å². The Bertz CT molecular complexity index is 648. The van der Waals surface area contributed by atoms with Crippen molar-refractivity contribution in [1.29, 1.82) is 0 Å². The SMILES string of the molecule is Cc1cccc(-c2noc(C[S@](=O)CC3CCCCC3)n2)c1. The third kappa shape index (κ3) is 4.03. The Kier molecular flexibility index (Phi) is 5.03. The van der Waals surface area contributed by atoms with Crippen molar-refractivity contribution >= 4 is 10.8 Å². The molecule has 1 atom stereocenters. The van der Waals surface area contributed by atoms with Gasteiger partial charge in [0.05, 0.1) is 0 Å². The monoisotopic (exact) mass is 318 g/mol. The molecule has 1 aromatic heterocycles. The van der Waals surface area contributed by atoms with Crippen LogP contribution >= 0.6 is 0 Å². The summed E-state index contributed by atoms with van der Waals surface area (Å²) in [5.41, 5.74) is 2.10. The second-order valence-electron chi connectivity index (χ2n) is 6.14. The molecule has 1 fully saturated rings. The van der Waals surface area contributed by atoms with E-state index in [4.69, 9.17) is 4.52 Å². The quantitative estimate of drug-likeness (QED) is 0.839. The summed E-state index contributed by atoms with van der Waals surface area (Å²) in [6.07, 6.45) is 6.31. The summed E-state index contributed by atoms with van der Waals surface area (Å²) in [4.78, 5) is 4.38. The number of nitrogens with zero attached hydrogens (tertiary/aromatic N) is 2. The molecule has 1 heterocycles. The van der Waals surface area contributed by atoms with E-state index < -0.39 is 10.8 Å². The molecule has 0 bridgehead atoms. The standard InChI is InChI=1S/C17H22N2O2S/c1-13-6-5-9-15(10-13)17-18-16(21-19-17)12-22(20)11-14-7-3-2-4-8-14/h5-6,9-10,14H,2-4,7-8,11-12H2,1H3/t22-/m1/s1. The van der Waals surface area contributed by atoms with Crippen LogP contribution in [0, 0.1) is 12.8 Å². The molecule has 0 unspecified atom stereocenters. The molecule has 1 aliphatic rings. The number of benzene rings is 1. The van der Waals surface area contributed by atoms with Gasteiger partial charge < -0.3 is 4.52 Å². The van der Waals surface area contributed by atoms with E-state index in [0.29, 0.717) is 23.4 Å². The minimum absolute atomic E-state index is 0.370. The Morgan fingerprint density at radius 1 is 1.27 bits per heavy atom. The third-order valence-electron chi connectivity index (χ3n) is 4.18. The maximum Gasteiger partial charge on any atom is 0.239 e. The van der Waals surface area contributed by atoms with E-state index in [-0.39, 0.29) is 0 Å². The van der Waals surface area contributed by atoms with Crippen molar-refractivity contribution in [2.45, 2.75) is 44.8 Å². The van der Waals surface area contributed by atoms with Gasteiger partial charge in [0, 0.05) is 22.1 Å². The highest BCUT2D eigenvalue weighted by Gasteiger charge is 2.18. The smallest absolute Gasteiger partial charge is 0.239 e. The average molecular weight is 318 g/mol. The Morgan fingerprint density at radius 3 is 2.86 bits per heavy atom. The summed E-state index contributed by atoms with van der Waals surface area (Å²) in [6, 6.07) is 7.99. The maximum atomic E-state index is 12.3. The van der Waals surface area contributed by atoms with Gasteiger partial charge in [-0.05, 0) is 31.7 Å². The van der Waals surface area contributed by atoms with Crippen molar-refractivity contribution < 1.29 is 8.73 Å².